The Hall–Kier alpha value is -2.36. The summed E-state index contributed by atoms with van der Waals surface area (Å²) in [6.45, 7) is 9.09. The molecule has 33 heavy (non-hydrogen) atoms. The van der Waals surface area contributed by atoms with Gasteiger partial charge in [0.1, 0.15) is 5.82 Å². The number of nitrogens with zero attached hydrogens (tertiary/aromatic N) is 3. The third-order valence-electron chi connectivity index (χ3n) is 6.53. The maximum atomic E-state index is 6.31. The molecule has 0 saturated heterocycles. The number of rotatable bonds is 12. The van der Waals surface area contributed by atoms with Crippen LogP contribution in [0.3, 0.4) is 0 Å². The SMILES string of the molecule is CCCCN(CCCC)CCCn1c(Cc2cccc3ccccc23)nc2cc(Cl)ccc21. The van der Waals surface area contributed by atoms with Crippen LogP contribution in [0.15, 0.2) is 60.7 Å². The zero-order chi connectivity index (χ0) is 23.0. The summed E-state index contributed by atoms with van der Waals surface area (Å²) in [6, 6.07) is 21.3. The van der Waals surface area contributed by atoms with Gasteiger partial charge in [-0.1, -0.05) is 80.8 Å². The minimum atomic E-state index is 0.745. The Balaban J connectivity index is 1.58. The van der Waals surface area contributed by atoms with Crippen LogP contribution in [0.2, 0.25) is 5.02 Å². The van der Waals surface area contributed by atoms with Gasteiger partial charge in [-0.05, 0) is 73.4 Å². The molecule has 4 aromatic rings. The Bertz CT molecular complexity index is 1170. The van der Waals surface area contributed by atoms with E-state index < -0.39 is 0 Å². The second-order valence-electron chi connectivity index (χ2n) is 9.03. The average Bonchev–Trinajstić information content (AvgIpc) is 3.16. The molecular weight excluding hydrogens is 426 g/mol. The van der Waals surface area contributed by atoms with Crippen LogP contribution >= 0.6 is 11.6 Å². The predicted octanol–water partition coefficient (Wildman–Crippen LogP) is 7.73. The van der Waals surface area contributed by atoms with Gasteiger partial charge in [0.05, 0.1) is 11.0 Å². The molecule has 0 unspecified atom stereocenters. The molecular formula is C29H36ClN3. The third kappa shape index (κ3) is 5.96. The lowest BCUT2D eigenvalue weighted by atomic mass is 10.0. The zero-order valence-electron chi connectivity index (χ0n) is 20.1. The highest BCUT2D eigenvalue weighted by molar-refractivity contribution is 6.31. The normalized spacial score (nSPS) is 11.8. The average molecular weight is 462 g/mol. The van der Waals surface area contributed by atoms with Crippen molar-refractivity contribution in [3.63, 3.8) is 0 Å². The van der Waals surface area contributed by atoms with E-state index in [-0.39, 0.29) is 0 Å². The van der Waals surface area contributed by atoms with Gasteiger partial charge >= 0.3 is 0 Å². The number of hydrogen-bond acceptors (Lipinski definition) is 2. The van der Waals surface area contributed by atoms with Gasteiger partial charge in [0.15, 0.2) is 0 Å². The van der Waals surface area contributed by atoms with Gasteiger partial charge in [-0.15, -0.1) is 0 Å². The summed E-state index contributed by atoms with van der Waals surface area (Å²) >= 11 is 6.31. The Morgan fingerprint density at radius 3 is 2.36 bits per heavy atom. The van der Waals surface area contributed by atoms with E-state index in [1.54, 1.807) is 0 Å². The van der Waals surface area contributed by atoms with Crippen LogP contribution in [0.5, 0.6) is 0 Å². The Kier molecular flexibility index (Phi) is 8.41. The first-order chi connectivity index (χ1) is 16.2. The molecule has 0 atom stereocenters. The van der Waals surface area contributed by atoms with E-state index in [1.165, 1.54) is 60.6 Å². The van der Waals surface area contributed by atoms with Crippen molar-refractivity contribution < 1.29 is 0 Å². The first kappa shape index (κ1) is 23.8. The number of benzene rings is 3. The van der Waals surface area contributed by atoms with Crippen LogP contribution in [-0.4, -0.2) is 34.1 Å². The van der Waals surface area contributed by atoms with Crippen LogP contribution in [0, 0.1) is 0 Å². The molecule has 0 fully saturated rings. The molecule has 3 nitrogen and oxygen atoms in total. The fourth-order valence-electron chi connectivity index (χ4n) is 4.71. The van der Waals surface area contributed by atoms with Gasteiger partial charge < -0.3 is 9.47 Å². The maximum Gasteiger partial charge on any atom is 0.114 e. The first-order valence-electron chi connectivity index (χ1n) is 12.5. The summed E-state index contributed by atoms with van der Waals surface area (Å²) in [7, 11) is 0. The number of aryl methyl sites for hydroxylation is 1. The molecule has 0 bridgehead atoms. The summed E-state index contributed by atoms with van der Waals surface area (Å²) < 4.78 is 2.42. The molecule has 0 N–H and O–H groups in total. The van der Waals surface area contributed by atoms with Gasteiger partial charge in [0, 0.05) is 18.0 Å². The van der Waals surface area contributed by atoms with Crippen molar-refractivity contribution in [2.75, 3.05) is 19.6 Å². The molecule has 0 saturated carbocycles. The van der Waals surface area contributed by atoms with Crippen molar-refractivity contribution in [2.24, 2.45) is 0 Å². The van der Waals surface area contributed by atoms with Gasteiger partial charge in [-0.3, -0.25) is 0 Å². The Morgan fingerprint density at radius 2 is 1.58 bits per heavy atom. The lowest BCUT2D eigenvalue weighted by molar-refractivity contribution is 0.257. The molecule has 0 radical (unpaired) electrons. The van der Waals surface area contributed by atoms with E-state index in [1.807, 2.05) is 12.1 Å². The topological polar surface area (TPSA) is 21.1 Å². The summed E-state index contributed by atoms with van der Waals surface area (Å²) in [6.07, 6.45) is 7.02. The molecule has 0 aliphatic heterocycles. The number of hydrogen-bond donors (Lipinski definition) is 0. The Morgan fingerprint density at radius 1 is 0.848 bits per heavy atom. The fourth-order valence-corrected chi connectivity index (χ4v) is 4.87. The van der Waals surface area contributed by atoms with E-state index >= 15 is 0 Å². The van der Waals surface area contributed by atoms with Gasteiger partial charge in [-0.25, -0.2) is 4.98 Å². The third-order valence-corrected chi connectivity index (χ3v) is 6.76. The molecule has 4 rings (SSSR count). The van der Waals surface area contributed by atoms with Crippen LogP contribution in [-0.2, 0) is 13.0 Å². The standard InChI is InChI=1S/C29H36ClN3/c1-3-5-17-32(18-6-4-2)19-10-20-33-28-16-15-25(30)22-27(28)31-29(33)21-24-13-9-12-23-11-7-8-14-26(23)24/h7-9,11-16,22H,3-6,10,17-21H2,1-2H3. The van der Waals surface area contributed by atoms with E-state index in [9.17, 15) is 0 Å². The number of imidazole rings is 1. The van der Waals surface area contributed by atoms with Crippen molar-refractivity contribution in [1.29, 1.82) is 0 Å². The first-order valence-corrected chi connectivity index (χ1v) is 12.9. The molecule has 1 heterocycles. The van der Waals surface area contributed by atoms with Crippen molar-refractivity contribution in [3.05, 3.63) is 77.1 Å². The minimum absolute atomic E-state index is 0.745. The predicted molar refractivity (Wildman–Crippen MR) is 142 cm³/mol. The maximum absolute atomic E-state index is 6.31. The number of fused-ring (bicyclic) bond motifs is 2. The molecule has 1 aromatic heterocycles. The van der Waals surface area contributed by atoms with Gasteiger partial charge in [-0.2, -0.15) is 0 Å². The highest BCUT2D eigenvalue weighted by Gasteiger charge is 2.14. The molecule has 4 heteroatoms. The quantitative estimate of drug-likeness (QED) is 0.215. The van der Waals surface area contributed by atoms with Crippen LogP contribution in [0.1, 0.15) is 57.3 Å². The lowest BCUT2D eigenvalue weighted by Crippen LogP contribution is -2.28. The summed E-state index contributed by atoms with van der Waals surface area (Å²) in [5, 5.41) is 3.33. The smallest absolute Gasteiger partial charge is 0.114 e. The van der Waals surface area contributed by atoms with Crippen LogP contribution in [0.25, 0.3) is 21.8 Å². The number of aromatic nitrogens is 2. The monoisotopic (exact) mass is 461 g/mol. The summed E-state index contributed by atoms with van der Waals surface area (Å²) in [5.74, 6) is 1.12. The van der Waals surface area contributed by atoms with Gasteiger partial charge in [0.2, 0.25) is 0 Å². The van der Waals surface area contributed by atoms with Gasteiger partial charge in [0.25, 0.3) is 0 Å². The van der Waals surface area contributed by atoms with Crippen molar-refractivity contribution in [2.45, 2.75) is 58.9 Å². The van der Waals surface area contributed by atoms with Crippen LogP contribution < -0.4 is 0 Å². The second kappa shape index (κ2) is 11.7. The number of unbranched alkanes of at least 4 members (excludes halogenated alkanes) is 2. The van der Waals surface area contributed by atoms with E-state index in [0.717, 1.165) is 42.3 Å². The van der Waals surface area contributed by atoms with E-state index in [0.29, 0.717) is 0 Å². The zero-order valence-corrected chi connectivity index (χ0v) is 20.8. The molecule has 3 aromatic carbocycles. The molecule has 0 aliphatic carbocycles. The molecule has 0 amide bonds. The van der Waals surface area contributed by atoms with Crippen LogP contribution in [0.4, 0.5) is 0 Å². The van der Waals surface area contributed by atoms with E-state index in [4.69, 9.17) is 16.6 Å². The fraction of sp³-hybridized carbons (Fsp3) is 0.414. The Labute approximate surface area is 203 Å². The molecule has 0 spiro atoms. The van der Waals surface area contributed by atoms with E-state index in [2.05, 4.69) is 71.8 Å². The molecule has 174 valence electrons. The van der Waals surface area contributed by atoms with Crippen molar-refractivity contribution in [1.82, 2.24) is 14.5 Å². The highest BCUT2D eigenvalue weighted by atomic mass is 35.5. The number of halogens is 1. The second-order valence-corrected chi connectivity index (χ2v) is 9.47. The van der Waals surface area contributed by atoms with Crippen molar-refractivity contribution >= 4 is 33.4 Å². The minimum Gasteiger partial charge on any atom is -0.328 e. The van der Waals surface area contributed by atoms with Crippen molar-refractivity contribution in [3.8, 4) is 0 Å². The highest BCUT2D eigenvalue weighted by Crippen LogP contribution is 2.25. The summed E-state index contributed by atoms with van der Waals surface area (Å²) in [4.78, 5) is 7.68. The largest absolute Gasteiger partial charge is 0.328 e. The lowest BCUT2D eigenvalue weighted by Gasteiger charge is -2.22. The molecule has 0 aliphatic rings. The summed E-state index contributed by atoms with van der Waals surface area (Å²) in [5.41, 5.74) is 3.50.